The van der Waals surface area contributed by atoms with E-state index in [0.29, 0.717) is 24.2 Å². The molecule has 1 aromatic carbocycles. The summed E-state index contributed by atoms with van der Waals surface area (Å²) in [6.07, 6.45) is 1.10. The molecule has 2 heterocycles. The lowest BCUT2D eigenvalue weighted by molar-refractivity contribution is -0.215. The SMILES string of the molecule is O=C1c2ccccc2C(=O)N1OC1CCCO1. The summed E-state index contributed by atoms with van der Waals surface area (Å²) in [4.78, 5) is 29.1. The Bertz CT molecular complexity index is 444. The second-order valence-electron chi connectivity index (χ2n) is 4.00. The molecule has 17 heavy (non-hydrogen) atoms. The van der Waals surface area contributed by atoms with E-state index in [1.54, 1.807) is 24.3 Å². The van der Waals surface area contributed by atoms with Crippen molar-refractivity contribution in [1.29, 1.82) is 0 Å². The number of amides is 2. The molecule has 1 fully saturated rings. The number of carbonyl (C=O) groups excluding carboxylic acids is 2. The Hall–Kier alpha value is -1.72. The molecule has 0 radical (unpaired) electrons. The number of nitrogens with zero attached hydrogens (tertiary/aromatic N) is 1. The zero-order chi connectivity index (χ0) is 11.8. The van der Waals surface area contributed by atoms with Gasteiger partial charge in [-0.3, -0.25) is 9.59 Å². The second-order valence-corrected chi connectivity index (χ2v) is 4.00. The van der Waals surface area contributed by atoms with E-state index in [1.165, 1.54) is 0 Å². The summed E-state index contributed by atoms with van der Waals surface area (Å²) >= 11 is 0. The predicted molar refractivity (Wildman–Crippen MR) is 57.0 cm³/mol. The minimum absolute atomic E-state index is 0.385. The number of hydrogen-bond acceptors (Lipinski definition) is 4. The quantitative estimate of drug-likeness (QED) is 0.723. The molecule has 2 aliphatic rings. The normalized spacial score (nSPS) is 23.3. The van der Waals surface area contributed by atoms with Crippen molar-refractivity contribution in [2.24, 2.45) is 0 Å². The van der Waals surface area contributed by atoms with Crippen LogP contribution >= 0.6 is 0 Å². The molecule has 2 aliphatic heterocycles. The van der Waals surface area contributed by atoms with Crippen LogP contribution in [0.3, 0.4) is 0 Å². The van der Waals surface area contributed by atoms with Crippen molar-refractivity contribution in [3.8, 4) is 0 Å². The fourth-order valence-corrected chi connectivity index (χ4v) is 2.01. The van der Waals surface area contributed by atoms with E-state index in [-0.39, 0.29) is 0 Å². The van der Waals surface area contributed by atoms with Crippen LogP contribution in [0.5, 0.6) is 0 Å². The Morgan fingerprint density at radius 1 is 1.18 bits per heavy atom. The summed E-state index contributed by atoms with van der Waals surface area (Å²) < 4.78 is 5.24. The number of carbonyl (C=O) groups is 2. The molecule has 1 atom stereocenters. The first-order chi connectivity index (χ1) is 8.27. The van der Waals surface area contributed by atoms with Crippen LogP contribution in [-0.2, 0) is 9.57 Å². The van der Waals surface area contributed by atoms with Gasteiger partial charge in [-0.2, -0.15) is 0 Å². The summed E-state index contributed by atoms with van der Waals surface area (Å²) in [6.45, 7) is 0.605. The first-order valence-electron chi connectivity index (χ1n) is 5.53. The van der Waals surface area contributed by atoms with Gasteiger partial charge < -0.3 is 4.74 Å². The van der Waals surface area contributed by atoms with Gasteiger partial charge in [-0.1, -0.05) is 12.1 Å². The highest BCUT2D eigenvalue weighted by atomic mass is 16.8. The molecule has 5 nitrogen and oxygen atoms in total. The van der Waals surface area contributed by atoms with Crippen LogP contribution in [0.2, 0.25) is 0 Å². The number of hydrogen-bond donors (Lipinski definition) is 0. The maximum absolute atomic E-state index is 11.9. The summed E-state index contributed by atoms with van der Waals surface area (Å²) in [6, 6.07) is 6.68. The highest BCUT2D eigenvalue weighted by molar-refractivity contribution is 6.20. The molecule has 1 saturated heterocycles. The third-order valence-electron chi connectivity index (χ3n) is 2.87. The van der Waals surface area contributed by atoms with E-state index in [0.717, 1.165) is 11.5 Å². The molecular formula is C12H11NO4. The molecule has 0 N–H and O–H groups in total. The van der Waals surface area contributed by atoms with Crippen molar-refractivity contribution in [2.45, 2.75) is 19.1 Å². The molecule has 0 spiro atoms. The van der Waals surface area contributed by atoms with Gasteiger partial charge in [0.15, 0.2) is 6.29 Å². The van der Waals surface area contributed by atoms with Crippen molar-refractivity contribution in [3.05, 3.63) is 35.4 Å². The average Bonchev–Trinajstić information content (AvgIpc) is 2.94. The molecule has 2 amide bonds. The zero-order valence-electron chi connectivity index (χ0n) is 9.09. The lowest BCUT2D eigenvalue weighted by Gasteiger charge is -2.17. The summed E-state index contributed by atoms with van der Waals surface area (Å²) in [5.41, 5.74) is 0.769. The number of ether oxygens (including phenoxy) is 1. The molecule has 88 valence electrons. The number of fused-ring (bicyclic) bond motifs is 1. The van der Waals surface area contributed by atoms with Gasteiger partial charge in [-0.15, -0.1) is 5.06 Å². The monoisotopic (exact) mass is 233 g/mol. The van der Waals surface area contributed by atoms with Gasteiger partial charge >= 0.3 is 0 Å². The Kier molecular flexibility index (Phi) is 2.42. The van der Waals surface area contributed by atoms with Gasteiger partial charge in [0.2, 0.25) is 0 Å². The van der Waals surface area contributed by atoms with Gasteiger partial charge in [-0.25, -0.2) is 4.84 Å². The van der Waals surface area contributed by atoms with E-state index in [9.17, 15) is 9.59 Å². The van der Waals surface area contributed by atoms with Crippen molar-refractivity contribution in [2.75, 3.05) is 6.61 Å². The fourth-order valence-electron chi connectivity index (χ4n) is 2.01. The van der Waals surface area contributed by atoms with E-state index in [2.05, 4.69) is 0 Å². The number of imide groups is 1. The molecule has 0 saturated carbocycles. The van der Waals surface area contributed by atoms with Crippen molar-refractivity contribution >= 4 is 11.8 Å². The van der Waals surface area contributed by atoms with Gasteiger partial charge in [0.25, 0.3) is 11.8 Å². The smallest absolute Gasteiger partial charge is 0.285 e. The average molecular weight is 233 g/mol. The van der Waals surface area contributed by atoms with Crippen LogP contribution in [0.4, 0.5) is 0 Å². The van der Waals surface area contributed by atoms with Gasteiger partial charge in [0, 0.05) is 6.42 Å². The molecule has 0 bridgehead atoms. The minimum atomic E-state index is -0.489. The summed E-state index contributed by atoms with van der Waals surface area (Å²) in [5.74, 6) is -0.831. The van der Waals surface area contributed by atoms with Crippen molar-refractivity contribution in [3.63, 3.8) is 0 Å². The molecule has 5 heteroatoms. The van der Waals surface area contributed by atoms with Crippen LogP contribution in [0, 0.1) is 0 Å². The standard InChI is InChI=1S/C12H11NO4/c14-11-8-4-1-2-5-9(8)12(15)13(11)17-10-6-3-7-16-10/h1-2,4-5,10H,3,6-7H2. The third kappa shape index (κ3) is 1.64. The molecule has 1 unspecified atom stereocenters. The van der Waals surface area contributed by atoms with Crippen LogP contribution in [-0.4, -0.2) is 29.8 Å². The molecule has 1 aromatic rings. The summed E-state index contributed by atoms with van der Waals surface area (Å²) in [7, 11) is 0. The van der Waals surface area contributed by atoms with Crippen LogP contribution in [0.15, 0.2) is 24.3 Å². The first-order valence-corrected chi connectivity index (χ1v) is 5.53. The maximum atomic E-state index is 11.9. The Labute approximate surface area is 97.9 Å². The van der Waals surface area contributed by atoms with E-state index >= 15 is 0 Å². The second kappa shape index (κ2) is 3.94. The minimum Gasteiger partial charge on any atom is -0.350 e. The fraction of sp³-hybridized carbons (Fsp3) is 0.333. The lowest BCUT2D eigenvalue weighted by Crippen LogP contribution is -2.34. The van der Waals surface area contributed by atoms with Crippen molar-refractivity contribution < 1.29 is 19.2 Å². The zero-order valence-corrected chi connectivity index (χ0v) is 9.09. The molecular weight excluding hydrogens is 222 g/mol. The Balaban J connectivity index is 1.84. The van der Waals surface area contributed by atoms with Crippen LogP contribution in [0.1, 0.15) is 33.6 Å². The number of rotatable bonds is 2. The van der Waals surface area contributed by atoms with Crippen molar-refractivity contribution in [1.82, 2.24) is 5.06 Å². The van der Waals surface area contributed by atoms with E-state index in [4.69, 9.17) is 9.57 Å². The lowest BCUT2D eigenvalue weighted by atomic mass is 10.1. The van der Waals surface area contributed by atoms with Crippen LogP contribution in [0.25, 0.3) is 0 Å². The topological polar surface area (TPSA) is 55.8 Å². The Morgan fingerprint density at radius 2 is 1.82 bits per heavy atom. The molecule has 3 rings (SSSR count). The number of benzene rings is 1. The van der Waals surface area contributed by atoms with Gasteiger partial charge in [0.1, 0.15) is 0 Å². The van der Waals surface area contributed by atoms with E-state index < -0.39 is 18.1 Å². The first kappa shape index (κ1) is 10.4. The van der Waals surface area contributed by atoms with Crippen LogP contribution < -0.4 is 0 Å². The maximum Gasteiger partial charge on any atom is 0.285 e. The Morgan fingerprint density at radius 3 is 2.35 bits per heavy atom. The largest absolute Gasteiger partial charge is 0.350 e. The highest BCUT2D eigenvalue weighted by Gasteiger charge is 2.38. The molecule has 0 aliphatic carbocycles. The summed E-state index contributed by atoms with van der Waals surface area (Å²) in [5, 5.41) is 0.806. The van der Waals surface area contributed by atoms with Gasteiger partial charge in [-0.05, 0) is 18.6 Å². The third-order valence-corrected chi connectivity index (χ3v) is 2.87. The predicted octanol–water partition coefficient (Wildman–Crippen LogP) is 1.35. The highest BCUT2D eigenvalue weighted by Crippen LogP contribution is 2.25. The number of hydroxylamine groups is 2. The van der Waals surface area contributed by atoms with Gasteiger partial charge in [0.05, 0.1) is 17.7 Å². The molecule has 0 aromatic heterocycles. The van der Waals surface area contributed by atoms with E-state index in [1.807, 2.05) is 0 Å².